The molecule has 0 nitrogen and oxygen atoms in total. The molecule has 1 aliphatic heterocycles. The van der Waals surface area contributed by atoms with Crippen molar-refractivity contribution in [1.29, 1.82) is 0 Å². The van der Waals surface area contributed by atoms with Gasteiger partial charge in [0.25, 0.3) is 0 Å². The van der Waals surface area contributed by atoms with E-state index in [1.807, 2.05) is 0 Å². The van der Waals surface area contributed by atoms with Crippen molar-refractivity contribution in [3.63, 3.8) is 0 Å². The molecule has 0 saturated carbocycles. The van der Waals surface area contributed by atoms with Crippen LogP contribution in [0.2, 0.25) is 0 Å². The summed E-state index contributed by atoms with van der Waals surface area (Å²) in [5, 5.41) is 0. The Labute approximate surface area is 48.2 Å². The molecule has 0 bridgehead atoms. The first-order valence-electron chi connectivity index (χ1n) is 2.66. The minimum atomic E-state index is 0.524. The molecule has 0 radical (unpaired) electrons. The molecule has 0 aromatic carbocycles. The molecule has 1 heterocycles. The van der Waals surface area contributed by atoms with Gasteiger partial charge in [-0.15, -0.1) is 15.8 Å². The SMILES string of the molecule is CP1CCP(C)C1. The lowest BCUT2D eigenvalue weighted by Crippen LogP contribution is -1.72. The zero-order valence-electron chi connectivity index (χ0n) is 5.02. The van der Waals surface area contributed by atoms with Gasteiger partial charge in [-0.2, -0.15) is 0 Å². The second-order valence-corrected chi connectivity index (χ2v) is 7.75. The van der Waals surface area contributed by atoms with Gasteiger partial charge in [0.2, 0.25) is 0 Å². The Hall–Kier alpha value is 0.860. The van der Waals surface area contributed by atoms with E-state index >= 15 is 0 Å². The molecular formula is C5H12P2. The van der Waals surface area contributed by atoms with E-state index in [1.165, 1.54) is 0 Å². The lowest BCUT2D eigenvalue weighted by Gasteiger charge is -1.98. The van der Waals surface area contributed by atoms with Gasteiger partial charge in [0, 0.05) is 0 Å². The highest BCUT2D eigenvalue weighted by Crippen LogP contribution is 2.54. The molecule has 0 aromatic heterocycles. The van der Waals surface area contributed by atoms with Crippen molar-refractivity contribution >= 4 is 15.8 Å². The maximum atomic E-state index is 2.43. The molecule has 0 aromatic rings. The van der Waals surface area contributed by atoms with Crippen LogP contribution in [0, 0.1) is 0 Å². The van der Waals surface area contributed by atoms with E-state index in [0.29, 0.717) is 15.8 Å². The molecule has 1 fully saturated rings. The highest BCUT2D eigenvalue weighted by Gasteiger charge is 2.14. The van der Waals surface area contributed by atoms with E-state index in [1.54, 1.807) is 18.2 Å². The van der Waals surface area contributed by atoms with Crippen LogP contribution in [0.1, 0.15) is 0 Å². The fourth-order valence-corrected chi connectivity index (χ4v) is 8.05. The maximum Gasteiger partial charge on any atom is -0.0125 e. The lowest BCUT2D eigenvalue weighted by molar-refractivity contribution is 1.53. The Balaban J connectivity index is 2.26. The fourth-order valence-electron chi connectivity index (χ4n) is 0.895. The summed E-state index contributed by atoms with van der Waals surface area (Å²) in [7, 11) is 1.05. The molecule has 0 spiro atoms. The van der Waals surface area contributed by atoms with Gasteiger partial charge in [-0.25, -0.2) is 0 Å². The van der Waals surface area contributed by atoms with Crippen LogP contribution in [0.3, 0.4) is 0 Å². The van der Waals surface area contributed by atoms with E-state index in [0.717, 1.165) is 0 Å². The van der Waals surface area contributed by atoms with Crippen LogP contribution >= 0.6 is 15.8 Å². The van der Waals surface area contributed by atoms with E-state index in [9.17, 15) is 0 Å². The first-order valence-corrected chi connectivity index (χ1v) is 6.98. The molecule has 2 heteroatoms. The molecule has 1 aliphatic rings. The predicted molar refractivity (Wildman–Crippen MR) is 40.3 cm³/mol. The van der Waals surface area contributed by atoms with E-state index in [4.69, 9.17) is 0 Å². The van der Waals surface area contributed by atoms with Crippen LogP contribution < -0.4 is 0 Å². The second-order valence-electron chi connectivity index (χ2n) is 2.30. The van der Waals surface area contributed by atoms with Crippen molar-refractivity contribution in [3.05, 3.63) is 0 Å². The molecule has 1 rings (SSSR count). The Bertz CT molecular complexity index is 55.1. The average Bonchev–Trinajstić information content (AvgIpc) is 1.87. The summed E-state index contributed by atoms with van der Waals surface area (Å²) in [5.74, 6) is 1.60. The fraction of sp³-hybridized carbons (Fsp3) is 1.00. The summed E-state index contributed by atoms with van der Waals surface area (Å²) < 4.78 is 0. The highest BCUT2D eigenvalue weighted by atomic mass is 31.2. The first-order chi connectivity index (χ1) is 3.29. The summed E-state index contributed by atoms with van der Waals surface area (Å²) in [6.07, 6.45) is 3.13. The molecule has 1 saturated heterocycles. The monoisotopic (exact) mass is 134 g/mol. The normalized spacial score (nSPS) is 42.0. The second kappa shape index (κ2) is 2.42. The zero-order valence-corrected chi connectivity index (χ0v) is 6.80. The summed E-state index contributed by atoms with van der Waals surface area (Å²) in [5.41, 5.74) is 0. The van der Waals surface area contributed by atoms with Crippen LogP contribution in [-0.2, 0) is 0 Å². The van der Waals surface area contributed by atoms with Gasteiger partial charge >= 0.3 is 0 Å². The van der Waals surface area contributed by atoms with Gasteiger partial charge in [-0.05, 0) is 31.6 Å². The van der Waals surface area contributed by atoms with Crippen molar-refractivity contribution < 1.29 is 0 Å². The number of rotatable bonds is 0. The standard InChI is InChI=1S/C5H12P2/c1-6-3-4-7(2)5-6/h3-5H2,1-2H3. The maximum absolute atomic E-state index is 2.43. The third kappa shape index (κ3) is 1.67. The van der Waals surface area contributed by atoms with Crippen LogP contribution in [0.5, 0.6) is 0 Å². The number of hydrogen-bond acceptors (Lipinski definition) is 0. The van der Waals surface area contributed by atoms with Crippen molar-refractivity contribution in [2.45, 2.75) is 0 Å². The van der Waals surface area contributed by atoms with Gasteiger partial charge in [-0.3, -0.25) is 0 Å². The molecule has 42 valence electrons. The van der Waals surface area contributed by atoms with Crippen LogP contribution in [-0.4, -0.2) is 31.6 Å². The first kappa shape index (κ1) is 5.99. The lowest BCUT2D eigenvalue weighted by atomic mass is 11.0. The van der Waals surface area contributed by atoms with Crippen molar-refractivity contribution in [3.8, 4) is 0 Å². The smallest absolute Gasteiger partial charge is 0.0125 e. The molecule has 0 aliphatic carbocycles. The molecule has 2 unspecified atom stereocenters. The molecule has 7 heavy (non-hydrogen) atoms. The van der Waals surface area contributed by atoms with Crippen molar-refractivity contribution in [1.82, 2.24) is 0 Å². The van der Waals surface area contributed by atoms with Crippen LogP contribution in [0.4, 0.5) is 0 Å². The minimum absolute atomic E-state index is 0.524. The van der Waals surface area contributed by atoms with Crippen LogP contribution in [0.25, 0.3) is 0 Å². The van der Waals surface area contributed by atoms with Crippen molar-refractivity contribution in [2.24, 2.45) is 0 Å². The van der Waals surface area contributed by atoms with E-state index < -0.39 is 0 Å². The minimum Gasteiger partial charge on any atom is -0.105 e. The van der Waals surface area contributed by atoms with E-state index in [-0.39, 0.29) is 0 Å². The van der Waals surface area contributed by atoms with Gasteiger partial charge < -0.3 is 0 Å². The molecule has 0 N–H and O–H groups in total. The van der Waals surface area contributed by atoms with Crippen molar-refractivity contribution in [2.75, 3.05) is 31.6 Å². The Kier molecular flexibility index (Phi) is 2.07. The highest BCUT2D eigenvalue weighted by molar-refractivity contribution is 7.77. The summed E-state index contributed by atoms with van der Waals surface area (Å²) >= 11 is 0. The Morgan fingerprint density at radius 3 is 1.57 bits per heavy atom. The molecule has 0 amide bonds. The quantitative estimate of drug-likeness (QED) is 0.445. The van der Waals surface area contributed by atoms with Crippen LogP contribution in [0.15, 0.2) is 0 Å². The zero-order chi connectivity index (χ0) is 5.28. The van der Waals surface area contributed by atoms with Gasteiger partial charge in [-0.1, -0.05) is 0 Å². The van der Waals surface area contributed by atoms with Gasteiger partial charge in [0.05, 0.1) is 0 Å². The number of hydrogen-bond donors (Lipinski definition) is 0. The van der Waals surface area contributed by atoms with E-state index in [2.05, 4.69) is 13.3 Å². The predicted octanol–water partition coefficient (Wildman–Crippen LogP) is 2.18. The Morgan fingerprint density at radius 2 is 1.43 bits per heavy atom. The third-order valence-electron chi connectivity index (χ3n) is 1.35. The Morgan fingerprint density at radius 1 is 1.00 bits per heavy atom. The molecule has 2 atom stereocenters. The largest absolute Gasteiger partial charge is 0.105 e. The van der Waals surface area contributed by atoms with Gasteiger partial charge in [0.15, 0.2) is 0 Å². The average molecular weight is 134 g/mol. The molecular weight excluding hydrogens is 122 g/mol. The summed E-state index contributed by atoms with van der Waals surface area (Å²) in [6, 6.07) is 0. The third-order valence-corrected chi connectivity index (χ3v) is 7.54. The summed E-state index contributed by atoms with van der Waals surface area (Å²) in [6.45, 7) is 4.86. The summed E-state index contributed by atoms with van der Waals surface area (Å²) in [4.78, 5) is 0. The topological polar surface area (TPSA) is 0 Å². The van der Waals surface area contributed by atoms with Gasteiger partial charge in [0.1, 0.15) is 0 Å².